The first kappa shape index (κ1) is 17.9. The van der Waals surface area contributed by atoms with Crippen molar-refractivity contribution in [3.8, 4) is 0 Å². The third-order valence-corrected chi connectivity index (χ3v) is 4.64. The molecule has 2 N–H and O–H groups in total. The molecule has 0 unspecified atom stereocenters. The molecule has 1 saturated carbocycles. The third kappa shape index (κ3) is 4.51. The van der Waals surface area contributed by atoms with Gasteiger partial charge in [0.2, 0.25) is 5.91 Å². The van der Waals surface area contributed by atoms with Gasteiger partial charge in [-0.3, -0.25) is 4.79 Å². The fraction of sp³-hybridized carbons (Fsp3) is 0.526. The van der Waals surface area contributed by atoms with E-state index < -0.39 is 0 Å². The molecule has 0 atom stereocenters. The number of halogens is 1. The van der Waals surface area contributed by atoms with Crippen LogP contribution in [0.15, 0.2) is 30.3 Å². The van der Waals surface area contributed by atoms with Gasteiger partial charge < -0.3 is 10.6 Å². The lowest BCUT2D eigenvalue weighted by molar-refractivity contribution is -0.117. The highest BCUT2D eigenvalue weighted by Gasteiger charge is 2.27. The highest BCUT2D eigenvalue weighted by molar-refractivity contribution is 5.95. The van der Waals surface area contributed by atoms with Crippen LogP contribution in [-0.4, -0.2) is 17.5 Å². The second-order valence-electron chi connectivity index (χ2n) is 7.24. The van der Waals surface area contributed by atoms with E-state index in [1.807, 2.05) is 6.07 Å². The van der Waals surface area contributed by atoms with Crippen LogP contribution < -0.4 is 10.6 Å². The van der Waals surface area contributed by atoms with Crippen molar-refractivity contribution in [3.05, 3.63) is 41.5 Å². The van der Waals surface area contributed by atoms with E-state index in [4.69, 9.17) is 0 Å². The Labute approximate surface area is 145 Å². The van der Waals surface area contributed by atoms with Gasteiger partial charge in [-0.1, -0.05) is 43.5 Å². The van der Waals surface area contributed by atoms with Gasteiger partial charge in [0.05, 0.1) is 0 Å². The summed E-state index contributed by atoms with van der Waals surface area (Å²) in [5.74, 6) is 0.0295. The fourth-order valence-electron chi connectivity index (χ4n) is 3.62. The summed E-state index contributed by atoms with van der Waals surface area (Å²) in [5.41, 5.74) is 3.38. The van der Waals surface area contributed by atoms with Crippen LogP contribution in [0.2, 0.25) is 0 Å². The normalized spacial score (nSPS) is 21.7. The lowest BCUT2D eigenvalue weighted by atomic mass is 9.86. The number of benzene rings is 1. The van der Waals surface area contributed by atoms with Crippen LogP contribution in [0.25, 0.3) is 5.70 Å². The van der Waals surface area contributed by atoms with Crippen LogP contribution >= 0.6 is 12.4 Å². The van der Waals surface area contributed by atoms with Crippen molar-refractivity contribution >= 4 is 24.0 Å². The Morgan fingerprint density at radius 3 is 2.65 bits per heavy atom. The van der Waals surface area contributed by atoms with Gasteiger partial charge in [-0.25, -0.2) is 0 Å². The van der Waals surface area contributed by atoms with E-state index in [0.29, 0.717) is 6.04 Å². The van der Waals surface area contributed by atoms with Crippen molar-refractivity contribution in [2.75, 3.05) is 0 Å². The van der Waals surface area contributed by atoms with E-state index in [1.165, 1.54) is 24.8 Å². The molecule has 1 aliphatic heterocycles. The molecule has 1 aromatic carbocycles. The smallest absolute Gasteiger partial charge is 0.246 e. The molecule has 0 aromatic heterocycles. The Hall–Kier alpha value is -1.48. The van der Waals surface area contributed by atoms with Crippen molar-refractivity contribution in [2.45, 2.75) is 64.0 Å². The Balaban J connectivity index is 0.00000192. The number of carbonyl (C=O) groups is 1. The zero-order chi connectivity index (χ0) is 15.6. The van der Waals surface area contributed by atoms with Crippen LogP contribution in [0.1, 0.15) is 57.1 Å². The molecule has 0 radical (unpaired) electrons. The van der Waals surface area contributed by atoms with Crippen molar-refractivity contribution in [1.29, 1.82) is 0 Å². The lowest BCUT2D eigenvalue weighted by Gasteiger charge is -2.35. The largest absolute Gasteiger partial charge is 0.379 e. The number of amides is 1. The lowest BCUT2D eigenvalue weighted by Crippen LogP contribution is -2.44. The maximum Gasteiger partial charge on any atom is 0.246 e. The maximum absolute atomic E-state index is 12.4. The van der Waals surface area contributed by atoms with Crippen LogP contribution in [-0.2, 0) is 11.2 Å². The van der Waals surface area contributed by atoms with Gasteiger partial charge in [-0.2, -0.15) is 0 Å². The van der Waals surface area contributed by atoms with E-state index in [0.717, 1.165) is 30.5 Å². The summed E-state index contributed by atoms with van der Waals surface area (Å²) in [6.45, 7) is 4.35. The molecule has 0 bridgehead atoms. The summed E-state index contributed by atoms with van der Waals surface area (Å²) in [7, 11) is 0. The molecular weight excluding hydrogens is 308 g/mol. The van der Waals surface area contributed by atoms with Crippen molar-refractivity contribution < 1.29 is 4.79 Å². The zero-order valence-corrected chi connectivity index (χ0v) is 14.8. The summed E-state index contributed by atoms with van der Waals surface area (Å²) < 4.78 is 0. The topological polar surface area (TPSA) is 41.1 Å². The van der Waals surface area contributed by atoms with E-state index in [1.54, 1.807) is 6.08 Å². The van der Waals surface area contributed by atoms with Gasteiger partial charge in [0.1, 0.15) is 0 Å². The predicted molar refractivity (Wildman–Crippen MR) is 97.6 cm³/mol. The fourth-order valence-corrected chi connectivity index (χ4v) is 3.62. The molecule has 0 spiro atoms. The van der Waals surface area contributed by atoms with Crippen molar-refractivity contribution in [3.63, 3.8) is 0 Å². The molecule has 1 fully saturated rings. The molecule has 0 saturated heterocycles. The van der Waals surface area contributed by atoms with Gasteiger partial charge in [0, 0.05) is 28.9 Å². The van der Waals surface area contributed by atoms with Gasteiger partial charge in [-0.05, 0) is 38.7 Å². The molecule has 23 heavy (non-hydrogen) atoms. The van der Waals surface area contributed by atoms with E-state index in [9.17, 15) is 4.79 Å². The number of nitrogens with one attached hydrogen (secondary N) is 2. The zero-order valence-electron chi connectivity index (χ0n) is 14.0. The van der Waals surface area contributed by atoms with Crippen LogP contribution in [0, 0.1) is 0 Å². The van der Waals surface area contributed by atoms with Crippen LogP contribution in [0.5, 0.6) is 0 Å². The van der Waals surface area contributed by atoms with Crippen molar-refractivity contribution in [2.24, 2.45) is 0 Å². The molecule has 2 aliphatic rings. The quantitative estimate of drug-likeness (QED) is 0.807. The summed E-state index contributed by atoms with van der Waals surface area (Å²) in [6, 6.07) is 8.71. The number of rotatable bonds is 2. The molecule has 126 valence electrons. The van der Waals surface area contributed by atoms with Gasteiger partial charge in [-0.15, -0.1) is 12.4 Å². The minimum atomic E-state index is -0.0225. The second-order valence-corrected chi connectivity index (χ2v) is 7.24. The molecule has 3 nitrogen and oxygen atoms in total. The highest BCUT2D eigenvalue weighted by atomic mass is 35.5. The second kappa shape index (κ2) is 7.39. The van der Waals surface area contributed by atoms with Crippen molar-refractivity contribution in [1.82, 2.24) is 10.6 Å². The monoisotopic (exact) mass is 334 g/mol. The molecule has 1 heterocycles. The predicted octanol–water partition coefficient (Wildman–Crippen LogP) is 3.82. The van der Waals surface area contributed by atoms with E-state index in [2.05, 4.69) is 42.7 Å². The summed E-state index contributed by atoms with van der Waals surface area (Å²) in [6.07, 6.45) is 8.72. The van der Waals surface area contributed by atoms with E-state index in [-0.39, 0.29) is 23.9 Å². The van der Waals surface area contributed by atoms with Crippen LogP contribution in [0.3, 0.4) is 0 Å². The summed E-state index contributed by atoms with van der Waals surface area (Å²) in [5, 5.41) is 6.69. The first-order chi connectivity index (χ1) is 10.5. The standard InChI is InChI=1S/C19H26N2O.ClH/c1-19(2)13-14-8-6-7-11-16(14)17(21-19)12-18(22)20-15-9-4-3-5-10-15;/h6-8,11-12,15,21H,3-5,9-10,13H2,1-2H3,(H,20,22);1H/b17-12-;. The van der Waals surface area contributed by atoms with Gasteiger partial charge in [0.15, 0.2) is 0 Å². The minimum Gasteiger partial charge on any atom is -0.379 e. The summed E-state index contributed by atoms with van der Waals surface area (Å²) in [4.78, 5) is 12.4. The average molecular weight is 335 g/mol. The molecule has 3 rings (SSSR count). The summed E-state index contributed by atoms with van der Waals surface area (Å²) >= 11 is 0. The number of carbonyl (C=O) groups excluding carboxylic acids is 1. The molecular formula is C19H27ClN2O. The van der Waals surface area contributed by atoms with Crippen LogP contribution in [0.4, 0.5) is 0 Å². The minimum absolute atomic E-state index is 0. The Bertz CT molecular complexity index is 589. The molecule has 1 aliphatic carbocycles. The Morgan fingerprint density at radius 2 is 1.91 bits per heavy atom. The first-order valence-corrected chi connectivity index (χ1v) is 8.42. The maximum atomic E-state index is 12.4. The Morgan fingerprint density at radius 1 is 1.22 bits per heavy atom. The number of fused-ring (bicyclic) bond motifs is 1. The number of hydrogen-bond acceptors (Lipinski definition) is 2. The SMILES string of the molecule is CC1(C)Cc2ccccc2/C(=C/C(=O)NC2CCCCC2)N1.Cl. The van der Waals surface area contributed by atoms with Gasteiger partial charge >= 0.3 is 0 Å². The third-order valence-electron chi connectivity index (χ3n) is 4.64. The molecule has 1 amide bonds. The number of hydrogen-bond donors (Lipinski definition) is 2. The Kier molecular flexibility index (Phi) is 5.74. The molecule has 4 heteroatoms. The van der Waals surface area contributed by atoms with Gasteiger partial charge in [0.25, 0.3) is 0 Å². The van der Waals surface area contributed by atoms with E-state index >= 15 is 0 Å². The average Bonchev–Trinajstić information content (AvgIpc) is 2.47. The highest BCUT2D eigenvalue weighted by Crippen LogP contribution is 2.29. The first-order valence-electron chi connectivity index (χ1n) is 8.42. The molecule has 1 aromatic rings.